The lowest BCUT2D eigenvalue weighted by Gasteiger charge is -2.15. The number of benzene rings is 2. The average molecular weight is 446 g/mol. The molecule has 0 unspecified atom stereocenters. The van der Waals surface area contributed by atoms with E-state index in [0.29, 0.717) is 11.0 Å². The van der Waals surface area contributed by atoms with Crippen molar-refractivity contribution in [2.75, 3.05) is 12.4 Å². The van der Waals surface area contributed by atoms with Gasteiger partial charge in [-0.05, 0) is 49.7 Å². The van der Waals surface area contributed by atoms with Gasteiger partial charge in [0.05, 0.1) is 18.0 Å². The molecule has 8 heteroatoms. The molecule has 32 heavy (non-hydrogen) atoms. The fourth-order valence-electron chi connectivity index (χ4n) is 3.17. The van der Waals surface area contributed by atoms with E-state index in [0.717, 1.165) is 28.3 Å². The summed E-state index contributed by atoms with van der Waals surface area (Å²) in [7, 11) is 1.63. The van der Waals surface area contributed by atoms with Crippen molar-refractivity contribution in [1.82, 2.24) is 19.7 Å². The van der Waals surface area contributed by atoms with Gasteiger partial charge in [-0.25, -0.2) is 0 Å². The molecule has 0 saturated heterocycles. The normalized spacial score (nSPS) is 11.7. The zero-order valence-corrected chi connectivity index (χ0v) is 18.8. The minimum absolute atomic E-state index is 0.104. The maximum absolute atomic E-state index is 12.9. The van der Waals surface area contributed by atoms with Gasteiger partial charge in [0.2, 0.25) is 5.91 Å². The van der Waals surface area contributed by atoms with Crippen LogP contribution in [0.3, 0.4) is 0 Å². The number of pyridine rings is 1. The van der Waals surface area contributed by atoms with Crippen LogP contribution in [-0.4, -0.2) is 38.0 Å². The van der Waals surface area contributed by atoms with Crippen molar-refractivity contribution in [3.05, 3.63) is 78.6 Å². The highest BCUT2D eigenvalue weighted by Gasteiger charge is 2.22. The van der Waals surface area contributed by atoms with E-state index in [1.807, 2.05) is 79.1 Å². The van der Waals surface area contributed by atoms with Crippen LogP contribution in [0.25, 0.3) is 17.1 Å². The summed E-state index contributed by atoms with van der Waals surface area (Å²) in [4.78, 5) is 17.1. The van der Waals surface area contributed by atoms with Gasteiger partial charge < -0.3 is 10.1 Å². The number of carbonyl (C=O) groups is 1. The third-order valence-electron chi connectivity index (χ3n) is 4.92. The summed E-state index contributed by atoms with van der Waals surface area (Å²) < 4.78 is 7.32. The summed E-state index contributed by atoms with van der Waals surface area (Å²) in [6, 6.07) is 19.1. The van der Waals surface area contributed by atoms with Crippen LogP contribution in [0.2, 0.25) is 0 Å². The zero-order valence-electron chi connectivity index (χ0n) is 18.0. The van der Waals surface area contributed by atoms with E-state index in [1.165, 1.54) is 11.8 Å². The van der Waals surface area contributed by atoms with E-state index >= 15 is 0 Å². The molecule has 1 N–H and O–H groups in total. The second kappa shape index (κ2) is 9.65. The number of aryl methyl sites for hydroxylation is 1. The summed E-state index contributed by atoms with van der Waals surface area (Å²) in [5.74, 6) is 1.25. The first kappa shape index (κ1) is 21.6. The molecule has 7 nitrogen and oxygen atoms in total. The molecule has 1 amide bonds. The second-order valence-electron chi connectivity index (χ2n) is 7.15. The van der Waals surface area contributed by atoms with Gasteiger partial charge in [-0.15, -0.1) is 10.2 Å². The molecule has 0 aliphatic carbocycles. The smallest absolute Gasteiger partial charge is 0.237 e. The lowest BCUT2D eigenvalue weighted by Crippen LogP contribution is -2.23. The van der Waals surface area contributed by atoms with E-state index in [1.54, 1.807) is 19.5 Å². The third kappa shape index (κ3) is 4.65. The Morgan fingerprint density at radius 1 is 1.09 bits per heavy atom. The molecule has 0 radical (unpaired) electrons. The lowest BCUT2D eigenvalue weighted by molar-refractivity contribution is -0.115. The molecule has 0 fully saturated rings. The number of hydrogen-bond donors (Lipinski definition) is 1. The van der Waals surface area contributed by atoms with Crippen LogP contribution in [0.4, 0.5) is 5.69 Å². The molecule has 2 aromatic heterocycles. The maximum atomic E-state index is 12.9. The van der Waals surface area contributed by atoms with E-state index in [9.17, 15) is 4.79 Å². The summed E-state index contributed by atoms with van der Waals surface area (Å²) >= 11 is 1.34. The Morgan fingerprint density at radius 2 is 1.94 bits per heavy atom. The predicted molar refractivity (Wildman–Crippen MR) is 126 cm³/mol. The average Bonchev–Trinajstić information content (AvgIpc) is 3.24. The number of nitrogens with one attached hydrogen (secondary N) is 1. The van der Waals surface area contributed by atoms with E-state index in [-0.39, 0.29) is 5.91 Å². The van der Waals surface area contributed by atoms with Crippen molar-refractivity contribution in [1.29, 1.82) is 0 Å². The summed E-state index contributed by atoms with van der Waals surface area (Å²) in [6.07, 6.45) is 3.45. The number of para-hydroxylation sites is 1. The van der Waals surface area contributed by atoms with Crippen molar-refractivity contribution in [2.45, 2.75) is 24.3 Å². The summed E-state index contributed by atoms with van der Waals surface area (Å²) in [6.45, 7) is 3.82. The Kier molecular flexibility index (Phi) is 6.51. The Labute approximate surface area is 190 Å². The molecule has 162 valence electrons. The number of aromatic nitrogens is 4. The number of rotatable bonds is 7. The van der Waals surface area contributed by atoms with Gasteiger partial charge in [-0.1, -0.05) is 36.0 Å². The molecule has 4 aromatic rings. The van der Waals surface area contributed by atoms with Gasteiger partial charge in [0, 0.05) is 29.7 Å². The first-order valence-corrected chi connectivity index (χ1v) is 11.0. The molecular weight excluding hydrogens is 422 g/mol. The maximum Gasteiger partial charge on any atom is 0.237 e. The van der Waals surface area contributed by atoms with Gasteiger partial charge in [0.15, 0.2) is 11.0 Å². The predicted octanol–water partition coefficient (Wildman–Crippen LogP) is 4.77. The van der Waals surface area contributed by atoms with Crippen LogP contribution in [0.15, 0.2) is 78.2 Å². The van der Waals surface area contributed by atoms with Crippen molar-refractivity contribution in [3.8, 4) is 22.8 Å². The lowest BCUT2D eigenvalue weighted by atomic mass is 10.2. The molecule has 4 rings (SSSR count). The Bertz CT molecular complexity index is 1230. The molecule has 0 bridgehead atoms. The van der Waals surface area contributed by atoms with Crippen LogP contribution in [-0.2, 0) is 4.79 Å². The standard InChI is InChI=1S/C24H23N5O2S/c1-16-8-4-5-12-21(16)26-23(30)17(2)32-24-28-27-22(18-9-7-13-25-15-18)29(24)19-10-6-11-20(14-19)31-3/h4-15,17H,1-3H3,(H,26,30)/t17-/m1/s1. The van der Waals surface area contributed by atoms with Crippen LogP contribution >= 0.6 is 11.8 Å². The van der Waals surface area contributed by atoms with Crippen LogP contribution in [0.5, 0.6) is 5.75 Å². The van der Waals surface area contributed by atoms with Crippen molar-refractivity contribution >= 4 is 23.4 Å². The molecule has 0 saturated carbocycles. The van der Waals surface area contributed by atoms with Gasteiger partial charge in [-0.2, -0.15) is 0 Å². The molecule has 0 aliphatic rings. The summed E-state index contributed by atoms with van der Waals surface area (Å²) in [5, 5.41) is 12.0. The van der Waals surface area contributed by atoms with Gasteiger partial charge in [0.25, 0.3) is 0 Å². The quantitative estimate of drug-likeness (QED) is 0.413. The van der Waals surface area contributed by atoms with Gasteiger partial charge >= 0.3 is 0 Å². The SMILES string of the molecule is COc1cccc(-n2c(S[C@H](C)C(=O)Nc3ccccc3C)nnc2-c2cccnc2)c1. The Hall–Kier alpha value is -3.65. The zero-order chi connectivity index (χ0) is 22.5. The number of hydrogen-bond acceptors (Lipinski definition) is 6. The van der Waals surface area contributed by atoms with Gasteiger partial charge in [-0.3, -0.25) is 14.3 Å². The monoisotopic (exact) mass is 445 g/mol. The molecule has 1 atom stereocenters. The van der Waals surface area contributed by atoms with Crippen molar-refractivity contribution in [2.24, 2.45) is 0 Å². The van der Waals surface area contributed by atoms with E-state index in [4.69, 9.17) is 4.74 Å². The molecule has 2 heterocycles. The number of amides is 1. The fourth-order valence-corrected chi connectivity index (χ4v) is 4.04. The Morgan fingerprint density at radius 3 is 2.69 bits per heavy atom. The second-order valence-corrected chi connectivity index (χ2v) is 8.46. The number of thioether (sulfide) groups is 1. The van der Waals surface area contributed by atoms with Crippen LogP contribution in [0, 0.1) is 6.92 Å². The number of anilines is 1. The van der Waals surface area contributed by atoms with Gasteiger partial charge in [0.1, 0.15) is 5.75 Å². The fraction of sp³-hybridized carbons (Fsp3) is 0.167. The van der Waals surface area contributed by atoms with E-state index in [2.05, 4.69) is 20.5 Å². The van der Waals surface area contributed by atoms with Crippen molar-refractivity contribution in [3.63, 3.8) is 0 Å². The number of ether oxygens (including phenoxy) is 1. The highest BCUT2D eigenvalue weighted by molar-refractivity contribution is 8.00. The first-order chi connectivity index (χ1) is 15.6. The van der Waals surface area contributed by atoms with Crippen LogP contribution in [0.1, 0.15) is 12.5 Å². The third-order valence-corrected chi connectivity index (χ3v) is 5.96. The largest absolute Gasteiger partial charge is 0.497 e. The highest BCUT2D eigenvalue weighted by Crippen LogP contribution is 2.31. The van der Waals surface area contributed by atoms with Crippen molar-refractivity contribution < 1.29 is 9.53 Å². The highest BCUT2D eigenvalue weighted by atomic mass is 32.2. The molecule has 0 aliphatic heterocycles. The summed E-state index contributed by atoms with van der Waals surface area (Å²) in [5.41, 5.74) is 3.47. The number of nitrogens with zero attached hydrogens (tertiary/aromatic N) is 4. The van der Waals surface area contributed by atoms with E-state index < -0.39 is 5.25 Å². The molecule has 2 aromatic carbocycles. The topological polar surface area (TPSA) is 81.9 Å². The number of carbonyl (C=O) groups excluding carboxylic acids is 1. The van der Waals surface area contributed by atoms with Crippen LogP contribution < -0.4 is 10.1 Å². The number of methoxy groups -OCH3 is 1. The molecular formula is C24H23N5O2S. The molecule has 0 spiro atoms. The Balaban J connectivity index is 1.67. The minimum Gasteiger partial charge on any atom is -0.497 e. The first-order valence-electron chi connectivity index (χ1n) is 10.1. The minimum atomic E-state index is -0.398.